The summed E-state index contributed by atoms with van der Waals surface area (Å²) in [6.45, 7) is 10.5. The monoisotopic (exact) mass is 499 g/mol. The highest BCUT2D eigenvalue weighted by Gasteiger charge is 2.26. The topological polar surface area (TPSA) is 77.0 Å². The Morgan fingerprint density at radius 3 is 2.31 bits per heavy atom. The van der Waals surface area contributed by atoms with Crippen LogP contribution >= 0.6 is 24.0 Å². The molecule has 2 rings (SSSR count). The van der Waals surface area contributed by atoms with E-state index in [0.717, 1.165) is 45.0 Å². The smallest absolute Gasteiger partial charge is 0.234 e. The maximum atomic E-state index is 12.1. The number of rotatable bonds is 6. The summed E-state index contributed by atoms with van der Waals surface area (Å²) in [6.07, 6.45) is 2.25. The van der Waals surface area contributed by atoms with Gasteiger partial charge in [-0.25, -0.2) is 0 Å². The average Bonchev–Trinajstić information content (AvgIpc) is 3.35. The van der Waals surface area contributed by atoms with E-state index >= 15 is 0 Å². The quantitative estimate of drug-likeness (QED) is 0.319. The van der Waals surface area contributed by atoms with Gasteiger partial charge in [-0.2, -0.15) is 0 Å². The molecule has 0 aromatic heterocycles. The van der Waals surface area contributed by atoms with Gasteiger partial charge in [0.05, 0.1) is 6.54 Å². The number of aliphatic imine (C=N–C) groups is 1. The number of guanidine groups is 1. The number of halogens is 1. The number of amides is 1. The highest BCUT2D eigenvalue weighted by Crippen LogP contribution is 2.18. The number of nitrogens with zero attached hydrogens (tertiary/aromatic N) is 3. The second-order valence-electron chi connectivity index (χ2n) is 7.74. The van der Waals surface area contributed by atoms with Crippen LogP contribution in [0.15, 0.2) is 4.99 Å². The zero-order chi connectivity index (χ0) is 18.4. The highest BCUT2D eigenvalue weighted by molar-refractivity contribution is 14.0. The number of carbonyl (C=O) groups is 1. The molecule has 1 saturated heterocycles. The zero-order valence-electron chi connectivity index (χ0n) is 16.4. The van der Waals surface area contributed by atoms with Crippen molar-refractivity contribution in [3.63, 3.8) is 0 Å². The molecule has 1 amide bonds. The van der Waals surface area contributed by atoms with Crippen molar-refractivity contribution in [1.29, 1.82) is 0 Å². The first kappa shape index (κ1) is 23.6. The lowest BCUT2D eigenvalue weighted by atomic mass is 10.3. The van der Waals surface area contributed by atoms with Gasteiger partial charge in [0, 0.05) is 67.1 Å². The van der Waals surface area contributed by atoms with Crippen molar-refractivity contribution in [2.75, 3.05) is 52.1 Å². The lowest BCUT2D eigenvalue weighted by molar-refractivity contribution is -0.122. The summed E-state index contributed by atoms with van der Waals surface area (Å²) < 4.78 is 11.9. The van der Waals surface area contributed by atoms with Gasteiger partial charge in [0.15, 0.2) is 5.96 Å². The van der Waals surface area contributed by atoms with Crippen LogP contribution in [0.3, 0.4) is 0 Å². The zero-order valence-corrected chi connectivity index (χ0v) is 19.6. The molecule has 1 aliphatic heterocycles. The molecule has 2 fully saturated rings. The fourth-order valence-electron chi connectivity index (χ4n) is 2.72. The molecule has 0 spiro atoms. The lowest BCUT2D eigenvalue weighted by Crippen LogP contribution is -2.54. The minimum atomic E-state index is -0.862. The lowest BCUT2D eigenvalue weighted by Gasteiger charge is -2.36. The number of hydrogen-bond donors (Lipinski definition) is 2. The predicted molar refractivity (Wildman–Crippen MR) is 119 cm³/mol. The van der Waals surface area contributed by atoms with Crippen molar-refractivity contribution in [2.45, 2.75) is 44.4 Å². The maximum absolute atomic E-state index is 12.1. The molecule has 1 heterocycles. The Hall–Kier alpha value is -0.420. The molecule has 1 aliphatic carbocycles. The van der Waals surface area contributed by atoms with Gasteiger partial charge in [-0.1, -0.05) is 0 Å². The predicted octanol–water partition coefficient (Wildman–Crippen LogP) is 0.623. The Balaban J connectivity index is 0.00000338. The van der Waals surface area contributed by atoms with Gasteiger partial charge < -0.3 is 15.5 Å². The van der Waals surface area contributed by atoms with Crippen molar-refractivity contribution in [1.82, 2.24) is 20.4 Å². The molecular weight excluding hydrogens is 465 g/mol. The number of piperazine rings is 1. The fraction of sp³-hybridized carbons (Fsp3) is 0.882. The van der Waals surface area contributed by atoms with Gasteiger partial charge >= 0.3 is 0 Å². The number of carbonyl (C=O) groups excluding carboxylic acids is 1. The van der Waals surface area contributed by atoms with E-state index in [-0.39, 0.29) is 34.6 Å². The van der Waals surface area contributed by atoms with Crippen LogP contribution in [-0.4, -0.2) is 88.7 Å². The molecular formula is C17H34IN5O2S. The Kier molecular flexibility index (Phi) is 9.81. The van der Waals surface area contributed by atoms with Crippen LogP contribution in [0, 0.1) is 0 Å². The minimum Gasteiger partial charge on any atom is -0.355 e. The maximum Gasteiger partial charge on any atom is 0.234 e. The molecule has 0 aromatic carbocycles. The SMILES string of the molecule is CN=C(NCCS(=O)C(C)(C)C)N1CCN(CC(=O)NC2CC2)CC1.I. The molecule has 0 aromatic rings. The largest absolute Gasteiger partial charge is 0.355 e. The van der Waals surface area contributed by atoms with Gasteiger partial charge in [0.1, 0.15) is 0 Å². The highest BCUT2D eigenvalue weighted by atomic mass is 127. The van der Waals surface area contributed by atoms with Gasteiger partial charge in [0.2, 0.25) is 5.91 Å². The molecule has 26 heavy (non-hydrogen) atoms. The number of hydrogen-bond acceptors (Lipinski definition) is 4. The first-order chi connectivity index (χ1) is 11.8. The summed E-state index contributed by atoms with van der Waals surface area (Å²) in [6, 6.07) is 0.426. The van der Waals surface area contributed by atoms with Crippen molar-refractivity contribution in [2.24, 2.45) is 4.99 Å². The summed E-state index contributed by atoms with van der Waals surface area (Å²) in [5, 5.41) is 6.35. The van der Waals surface area contributed by atoms with Crippen LogP contribution in [-0.2, 0) is 15.6 Å². The van der Waals surface area contributed by atoms with Gasteiger partial charge in [-0.05, 0) is 33.6 Å². The summed E-state index contributed by atoms with van der Waals surface area (Å²) in [7, 11) is 0.915. The van der Waals surface area contributed by atoms with Gasteiger partial charge in [-0.15, -0.1) is 24.0 Å². The molecule has 1 saturated carbocycles. The Morgan fingerprint density at radius 2 is 1.81 bits per heavy atom. The van der Waals surface area contributed by atoms with Crippen molar-refractivity contribution < 1.29 is 9.00 Å². The molecule has 152 valence electrons. The Morgan fingerprint density at radius 1 is 1.19 bits per heavy atom. The van der Waals surface area contributed by atoms with E-state index in [0.29, 0.717) is 24.9 Å². The molecule has 2 N–H and O–H groups in total. The summed E-state index contributed by atoms with van der Waals surface area (Å²) in [5.41, 5.74) is 0. The molecule has 7 nitrogen and oxygen atoms in total. The third-order valence-electron chi connectivity index (χ3n) is 4.45. The first-order valence-electron chi connectivity index (χ1n) is 9.15. The van der Waals surface area contributed by atoms with Crippen LogP contribution < -0.4 is 10.6 Å². The van der Waals surface area contributed by atoms with Gasteiger partial charge in [0.25, 0.3) is 0 Å². The van der Waals surface area contributed by atoms with E-state index in [2.05, 4.69) is 25.4 Å². The van der Waals surface area contributed by atoms with E-state index in [1.807, 2.05) is 20.8 Å². The van der Waals surface area contributed by atoms with Crippen molar-refractivity contribution >= 4 is 46.6 Å². The van der Waals surface area contributed by atoms with Crippen LogP contribution in [0.1, 0.15) is 33.6 Å². The van der Waals surface area contributed by atoms with Crippen LogP contribution in [0.25, 0.3) is 0 Å². The van der Waals surface area contributed by atoms with E-state index in [1.54, 1.807) is 7.05 Å². The van der Waals surface area contributed by atoms with Crippen molar-refractivity contribution in [3.05, 3.63) is 0 Å². The summed E-state index contributed by atoms with van der Waals surface area (Å²) in [4.78, 5) is 20.6. The number of nitrogens with one attached hydrogen (secondary N) is 2. The first-order valence-corrected chi connectivity index (χ1v) is 10.5. The fourth-order valence-corrected chi connectivity index (χ4v) is 3.62. The Bertz CT molecular complexity index is 512. The summed E-state index contributed by atoms with van der Waals surface area (Å²) in [5.74, 6) is 1.61. The second kappa shape index (κ2) is 10.8. The average molecular weight is 499 g/mol. The minimum absolute atomic E-state index is 0. The molecule has 9 heteroatoms. The third kappa shape index (κ3) is 8.08. The van der Waals surface area contributed by atoms with Crippen LogP contribution in [0.5, 0.6) is 0 Å². The normalized spacial score (nSPS) is 20.3. The van der Waals surface area contributed by atoms with Crippen molar-refractivity contribution in [3.8, 4) is 0 Å². The second-order valence-corrected chi connectivity index (χ2v) is 10.1. The molecule has 1 unspecified atom stereocenters. The standard InChI is InChI=1S/C17H33N5O2S.HI/c1-17(2,3)25(24)12-7-19-16(18-4)22-10-8-21(9-11-22)13-15(23)20-14-5-6-14;/h14H,5-13H2,1-4H3,(H,18,19)(H,20,23);1H. The Labute approximate surface area is 177 Å². The van der Waals surface area contributed by atoms with Crippen LogP contribution in [0.4, 0.5) is 0 Å². The van der Waals surface area contributed by atoms with E-state index < -0.39 is 10.8 Å². The molecule has 0 radical (unpaired) electrons. The van der Waals surface area contributed by atoms with E-state index in [4.69, 9.17) is 0 Å². The van der Waals surface area contributed by atoms with E-state index in [1.165, 1.54) is 0 Å². The summed E-state index contributed by atoms with van der Waals surface area (Å²) >= 11 is 0. The van der Waals surface area contributed by atoms with E-state index in [9.17, 15) is 9.00 Å². The van der Waals surface area contributed by atoms with Crippen LogP contribution in [0.2, 0.25) is 0 Å². The molecule has 1 atom stereocenters. The van der Waals surface area contributed by atoms with Gasteiger partial charge in [-0.3, -0.25) is 18.9 Å². The molecule has 2 aliphatic rings. The third-order valence-corrected chi connectivity index (χ3v) is 6.39. The molecule has 0 bridgehead atoms.